The molecule has 1 aromatic carbocycles. The highest BCUT2D eigenvalue weighted by Crippen LogP contribution is 2.22. The first-order valence-electron chi connectivity index (χ1n) is 5.97. The number of carbonyl (C=O) groups excluding carboxylic acids is 3. The summed E-state index contributed by atoms with van der Waals surface area (Å²) in [5.41, 5.74) is 0.428. The molecule has 0 aromatic heterocycles. The lowest BCUT2D eigenvalue weighted by Gasteiger charge is -2.13. The van der Waals surface area contributed by atoms with E-state index in [1.807, 2.05) is 0 Å². The first-order valence-corrected chi connectivity index (χ1v) is 5.97. The van der Waals surface area contributed by atoms with Gasteiger partial charge in [-0.1, -0.05) is 12.1 Å². The van der Waals surface area contributed by atoms with E-state index in [-0.39, 0.29) is 17.7 Å². The Hall–Kier alpha value is -2.38. The molecule has 1 aromatic rings. The molecule has 0 spiro atoms. The molecule has 0 N–H and O–H groups in total. The summed E-state index contributed by atoms with van der Waals surface area (Å²) in [6.45, 7) is -2.00. The fraction of sp³-hybridized carbons (Fsp3) is 0.308. The van der Waals surface area contributed by atoms with Crippen LogP contribution in [0.2, 0.25) is 0 Å². The molecule has 0 bridgehead atoms. The summed E-state index contributed by atoms with van der Waals surface area (Å²) in [4.78, 5) is 35.8. The Morgan fingerprint density at radius 2 is 1.62 bits per heavy atom. The number of imide groups is 1. The van der Waals surface area contributed by atoms with E-state index in [9.17, 15) is 27.6 Å². The Balaban J connectivity index is 1.92. The predicted octanol–water partition coefficient (Wildman–Crippen LogP) is 1.78. The molecule has 0 unspecified atom stereocenters. The van der Waals surface area contributed by atoms with E-state index in [1.165, 1.54) is 12.1 Å². The van der Waals surface area contributed by atoms with Crippen molar-refractivity contribution in [2.45, 2.75) is 12.6 Å². The molecule has 8 heteroatoms. The van der Waals surface area contributed by atoms with E-state index in [4.69, 9.17) is 0 Å². The Kier molecular flexibility index (Phi) is 3.97. The van der Waals surface area contributed by atoms with Crippen molar-refractivity contribution >= 4 is 17.8 Å². The summed E-state index contributed by atoms with van der Waals surface area (Å²) in [7, 11) is 0. The second kappa shape index (κ2) is 5.55. The first-order chi connectivity index (χ1) is 9.79. The van der Waals surface area contributed by atoms with Crippen molar-refractivity contribution in [1.82, 2.24) is 4.90 Å². The van der Waals surface area contributed by atoms with Crippen LogP contribution in [0, 0.1) is 0 Å². The van der Waals surface area contributed by atoms with Crippen LogP contribution in [0.15, 0.2) is 24.3 Å². The second-order valence-corrected chi connectivity index (χ2v) is 4.33. The van der Waals surface area contributed by atoms with Gasteiger partial charge in [0.05, 0.1) is 17.5 Å². The van der Waals surface area contributed by atoms with Gasteiger partial charge in [0.1, 0.15) is 0 Å². The lowest BCUT2D eigenvalue weighted by atomic mass is 10.1. The summed E-state index contributed by atoms with van der Waals surface area (Å²) in [6, 6.07) is 6.12. The minimum absolute atomic E-state index is 0.214. The molecule has 0 atom stereocenters. The van der Waals surface area contributed by atoms with Gasteiger partial charge in [-0.3, -0.25) is 19.3 Å². The van der Waals surface area contributed by atoms with Crippen LogP contribution in [0.4, 0.5) is 13.2 Å². The lowest BCUT2D eigenvalue weighted by Crippen LogP contribution is -2.32. The summed E-state index contributed by atoms with van der Waals surface area (Å²) in [5.74, 6) is -2.26. The van der Waals surface area contributed by atoms with E-state index in [0.29, 0.717) is 0 Å². The number of benzene rings is 1. The average Bonchev–Trinajstić information content (AvgIpc) is 2.67. The smallest absolute Gasteiger partial charge is 0.422 e. The molecule has 2 rings (SSSR count). The van der Waals surface area contributed by atoms with Crippen LogP contribution >= 0.6 is 0 Å². The van der Waals surface area contributed by atoms with Crippen molar-refractivity contribution in [2.75, 3.05) is 13.2 Å². The third-order valence-electron chi connectivity index (χ3n) is 2.81. The summed E-state index contributed by atoms with van der Waals surface area (Å²) >= 11 is 0. The van der Waals surface area contributed by atoms with Gasteiger partial charge in [-0.25, -0.2) is 0 Å². The molecule has 0 saturated heterocycles. The van der Waals surface area contributed by atoms with Gasteiger partial charge in [-0.15, -0.1) is 0 Å². The Bertz CT molecular complexity index is 562. The normalized spacial score (nSPS) is 14.3. The third-order valence-corrected chi connectivity index (χ3v) is 2.81. The molecule has 112 valence electrons. The highest BCUT2D eigenvalue weighted by molar-refractivity contribution is 6.21. The molecule has 2 amide bonds. The number of alkyl halides is 3. The second-order valence-electron chi connectivity index (χ2n) is 4.33. The van der Waals surface area contributed by atoms with Crippen molar-refractivity contribution in [3.63, 3.8) is 0 Å². The van der Waals surface area contributed by atoms with E-state index in [1.54, 1.807) is 12.1 Å². The summed E-state index contributed by atoms with van der Waals surface area (Å²) in [5, 5.41) is 0. The number of rotatable bonds is 4. The van der Waals surface area contributed by atoms with Gasteiger partial charge in [0.2, 0.25) is 0 Å². The van der Waals surface area contributed by atoms with Gasteiger partial charge in [0, 0.05) is 6.54 Å². The molecule has 21 heavy (non-hydrogen) atoms. The lowest BCUT2D eigenvalue weighted by molar-refractivity contribution is -0.186. The number of hydrogen-bond donors (Lipinski definition) is 0. The van der Waals surface area contributed by atoms with Gasteiger partial charge < -0.3 is 4.74 Å². The van der Waals surface area contributed by atoms with Crippen LogP contribution in [0.5, 0.6) is 0 Å². The van der Waals surface area contributed by atoms with Crippen molar-refractivity contribution in [2.24, 2.45) is 0 Å². The minimum Gasteiger partial charge on any atom is -0.456 e. The molecule has 1 aliphatic heterocycles. The van der Waals surface area contributed by atoms with Gasteiger partial charge in [-0.05, 0) is 12.1 Å². The largest absolute Gasteiger partial charge is 0.456 e. The van der Waals surface area contributed by atoms with E-state index in [0.717, 1.165) is 4.90 Å². The van der Waals surface area contributed by atoms with E-state index < -0.39 is 37.0 Å². The zero-order valence-corrected chi connectivity index (χ0v) is 10.6. The number of amides is 2. The van der Waals surface area contributed by atoms with E-state index >= 15 is 0 Å². The standard InChI is InChI=1S/C13H10F3NO4/c14-13(15,16)7-21-10(18)5-6-17-11(19)8-3-1-2-4-9(8)12(17)20/h1-4H,5-7H2. The molecule has 1 aliphatic rings. The number of fused-ring (bicyclic) bond motifs is 1. The van der Waals surface area contributed by atoms with Gasteiger partial charge in [0.15, 0.2) is 6.61 Å². The number of carbonyl (C=O) groups is 3. The fourth-order valence-electron chi connectivity index (χ4n) is 1.88. The molecule has 0 aliphatic carbocycles. The van der Waals surface area contributed by atoms with E-state index in [2.05, 4.69) is 4.74 Å². The topological polar surface area (TPSA) is 63.7 Å². The summed E-state index contributed by atoms with van der Waals surface area (Å²) < 4.78 is 39.6. The maximum Gasteiger partial charge on any atom is 0.422 e. The molecule has 0 fully saturated rings. The van der Waals surface area contributed by atoms with Crippen LogP contribution in [0.1, 0.15) is 27.1 Å². The number of halogens is 3. The Labute approximate surface area is 117 Å². The monoisotopic (exact) mass is 301 g/mol. The van der Waals surface area contributed by atoms with Crippen molar-refractivity contribution < 1.29 is 32.3 Å². The van der Waals surface area contributed by atoms with Crippen LogP contribution in [-0.4, -0.2) is 42.0 Å². The SMILES string of the molecule is O=C(CCN1C(=O)c2ccccc2C1=O)OCC(F)(F)F. The average molecular weight is 301 g/mol. The van der Waals surface area contributed by atoms with Crippen molar-refractivity contribution in [3.05, 3.63) is 35.4 Å². The van der Waals surface area contributed by atoms with Crippen LogP contribution in [0.25, 0.3) is 0 Å². The minimum atomic E-state index is -4.61. The third kappa shape index (κ3) is 3.39. The van der Waals surface area contributed by atoms with Crippen LogP contribution in [0.3, 0.4) is 0 Å². The highest BCUT2D eigenvalue weighted by Gasteiger charge is 2.35. The van der Waals surface area contributed by atoms with Crippen LogP contribution in [-0.2, 0) is 9.53 Å². The zero-order valence-electron chi connectivity index (χ0n) is 10.6. The maximum absolute atomic E-state index is 11.9. The predicted molar refractivity (Wildman–Crippen MR) is 63.4 cm³/mol. The molecule has 0 radical (unpaired) electrons. The number of nitrogens with zero attached hydrogens (tertiary/aromatic N) is 1. The molecule has 0 saturated carbocycles. The van der Waals surface area contributed by atoms with Crippen molar-refractivity contribution in [1.29, 1.82) is 0 Å². The zero-order chi connectivity index (χ0) is 15.6. The van der Waals surface area contributed by atoms with Crippen molar-refractivity contribution in [3.8, 4) is 0 Å². The molecular weight excluding hydrogens is 291 g/mol. The molecule has 1 heterocycles. The van der Waals surface area contributed by atoms with Gasteiger partial charge in [-0.2, -0.15) is 13.2 Å². The molecule has 5 nitrogen and oxygen atoms in total. The summed E-state index contributed by atoms with van der Waals surface area (Å²) in [6.07, 6.45) is -5.09. The number of esters is 1. The maximum atomic E-state index is 11.9. The quantitative estimate of drug-likeness (QED) is 0.628. The number of hydrogen-bond acceptors (Lipinski definition) is 4. The molecular formula is C13H10F3NO4. The van der Waals surface area contributed by atoms with Gasteiger partial charge in [0.25, 0.3) is 11.8 Å². The Morgan fingerprint density at radius 1 is 1.10 bits per heavy atom. The Morgan fingerprint density at radius 3 is 2.10 bits per heavy atom. The number of ether oxygens (including phenoxy) is 1. The highest BCUT2D eigenvalue weighted by atomic mass is 19.4. The fourth-order valence-corrected chi connectivity index (χ4v) is 1.88. The van der Waals surface area contributed by atoms with Gasteiger partial charge >= 0.3 is 12.1 Å². The first kappa shape index (κ1) is 15.0. The van der Waals surface area contributed by atoms with Crippen LogP contribution < -0.4 is 0 Å².